The molecule has 0 bridgehead atoms. The van der Waals surface area contributed by atoms with Crippen LogP contribution in [0.5, 0.6) is 0 Å². The summed E-state index contributed by atoms with van der Waals surface area (Å²) in [7, 11) is 0. The Balaban J connectivity index is 2.08. The van der Waals surface area contributed by atoms with Gasteiger partial charge in [-0.15, -0.1) is 0 Å². The average Bonchev–Trinajstić information content (AvgIpc) is 2.70. The molecule has 2 nitrogen and oxygen atoms in total. The molecule has 1 saturated heterocycles. The molecule has 1 aromatic carbocycles. The Morgan fingerprint density at radius 2 is 2.25 bits per heavy atom. The fraction of sp³-hybridized carbons (Fsp3) is 0.500. The van der Waals surface area contributed by atoms with E-state index in [4.69, 9.17) is 4.74 Å². The van der Waals surface area contributed by atoms with Crippen LogP contribution in [0.4, 0.5) is 0 Å². The zero-order valence-electron chi connectivity index (χ0n) is 9.95. The molecule has 86 valence electrons. The van der Waals surface area contributed by atoms with E-state index in [0.29, 0.717) is 6.42 Å². The molecule has 2 rings (SSSR count). The van der Waals surface area contributed by atoms with Crippen molar-refractivity contribution in [3.63, 3.8) is 0 Å². The Hall–Kier alpha value is -1.15. The van der Waals surface area contributed by atoms with E-state index in [-0.39, 0.29) is 11.9 Å². The largest absolute Gasteiger partial charge is 0.378 e. The molecule has 16 heavy (non-hydrogen) atoms. The monoisotopic (exact) mass is 218 g/mol. The first kappa shape index (κ1) is 11.3. The normalized spacial score (nSPS) is 20.0. The Morgan fingerprint density at radius 1 is 1.44 bits per heavy atom. The van der Waals surface area contributed by atoms with Crippen molar-refractivity contribution >= 4 is 5.78 Å². The Bertz CT molecular complexity index is 390. The van der Waals surface area contributed by atoms with Crippen molar-refractivity contribution in [3.8, 4) is 0 Å². The molecule has 0 spiro atoms. The van der Waals surface area contributed by atoms with Gasteiger partial charge in [0.1, 0.15) is 0 Å². The summed E-state index contributed by atoms with van der Waals surface area (Å²) in [6.45, 7) is 4.85. The van der Waals surface area contributed by atoms with E-state index in [1.165, 1.54) is 5.56 Å². The molecule has 1 aliphatic heterocycles. The number of benzene rings is 1. The van der Waals surface area contributed by atoms with Crippen LogP contribution in [0.3, 0.4) is 0 Å². The molecule has 1 aliphatic rings. The predicted molar refractivity (Wildman–Crippen MR) is 63.8 cm³/mol. The van der Waals surface area contributed by atoms with Gasteiger partial charge in [0.25, 0.3) is 0 Å². The molecule has 1 unspecified atom stereocenters. The molecular weight excluding hydrogens is 200 g/mol. The molecule has 0 radical (unpaired) electrons. The summed E-state index contributed by atoms with van der Waals surface area (Å²) in [4.78, 5) is 12.1. The smallest absolute Gasteiger partial charge is 0.165 e. The molecule has 1 fully saturated rings. The number of rotatable bonds is 3. The summed E-state index contributed by atoms with van der Waals surface area (Å²) in [6, 6.07) is 5.99. The lowest BCUT2D eigenvalue weighted by molar-refractivity contribution is 0.0775. The van der Waals surface area contributed by atoms with Crippen LogP contribution >= 0.6 is 0 Å². The molecule has 0 saturated carbocycles. The summed E-state index contributed by atoms with van der Waals surface area (Å²) in [5.74, 6) is 0.212. The zero-order chi connectivity index (χ0) is 11.5. The summed E-state index contributed by atoms with van der Waals surface area (Å²) in [5, 5.41) is 0. The van der Waals surface area contributed by atoms with E-state index in [1.54, 1.807) is 0 Å². The van der Waals surface area contributed by atoms with Crippen LogP contribution in [-0.2, 0) is 4.74 Å². The van der Waals surface area contributed by atoms with Crippen molar-refractivity contribution in [1.82, 2.24) is 0 Å². The Morgan fingerprint density at radius 3 is 2.88 bits per heavy atom. The lowest BCUT2D eigenvalue weighted by atomic mass is 9.98. The molecule has 0 amide bonds. The lowest BCUT2D eigenvalue weighted by Crippen LogP contribution is -2.13. The third-order valence-electron chi connectivity index (χ3n) is 3.12. The second kappa shape index (κ2) is 4.79. The maximum absolute atomic E-state index is 12.1. The van der Waals surface area contributed by atoms with E-state index in [0.717, 1.165) is 30.6 Å². The van der Waals surface area contributed by atoms with Crippen molar-refractivity contribution in [2.45, 2.75) is 39.2 Å². The van der Waals surface area contributed by atoms with Crippen LogP contribution < -0.4 is 0 Å². The topological polar surface area (TPSA) is 26.3 Å². The first-order chi connectivity index (χ1) is 7.66. The van der Waals surface area contributed by atoms with E-state index >= 15 is 0 Å². The maximum Gasteiger partial charge on any atom is 0.165 e. The van der Waals surface area contributed by atoms with Gasteiger partial charge in [0.05, 0.1) is 6.10 Å². The second-order valence-electron chi connectivity index (χ2n) is 4.58. The Kier molecular flexibility index (Phi) is 3.39. The van der Waals surface area contributed by atoms with Crippen molar-refractivity contribution < 1.29 is 9.53 Å². The highest BCUT2D eigenvalue weighted by molar-refractivity contribution is 5.97. The van der Waals surface area contributed by atoms with Crippen LogP contribution in [0.15, 0.2) is 18.2 Å². The quantitative estimate of drug-likeness (QED) is 0.729. The van der Waals surface area contributed by atoms with Crippen LogP contribution in [0.2, 0.25) is 0 Å². The average molecular weight is 218 g/mol. The molecule has 2 heteroatoms. The number of hydrogen-bond acceptors (Lipinski definition) is 2. The predicted octanol–water partition coefficient (Wildman–Crippen LogP) is 3.06. The minimum absolute atomic E-state index is 0.146. The van der Waals surface area contributed by atoms with Gasteiger partial charge in [0, 0.05) is 18.6 Å². The van der Waals surface area contributed by atoms with Gasteiger partial charge in [-0.05, 0) is 32.3 Å². The summed E-state index contributed by atoms with van der Waals surface area (Å²) < 4.78 is 5.49. The number of ketones is 1. The van der Waals surface area contributed by atoms with Gasteiger partial charge in [-0.2, -0.15) is 0 Å². The summed E-state index contributed by atoms with van der Waals surface area (Å²) >= 11 is 0. The number of aryl methyl sites for hydroxylation is 2. The third kappa shape index (κ3) is 2.50. The molecule has 0 N–H and O–H groups in total. The van der Waals surface area contributed by atoms with E-state index in [2.05, 4.69) is 6.07 Å². The van der Waals surface area contributed by atoms with Gasteiger partial charge in [-0.3, -0.25) is 4.79 Å². The number of carbonyl (C=O) groups is 1. The van der Waals surface area contributed by atoms with Crippen molar-refractivity contribution in [2.75, 3.05) is 6.61 Å². The van der Waals surface area contributed by atoms with Gasteiger partial charge >= 0.3 is 0 Å². The highest BCUT2D eigenvalue weighted by atomic mass is 16.5. The summed E-state index contributed by atoms with van der Waals surface area (Å²) in [6.07, 6.45) is 2.79. The molecular formula is C14H18O2. The number of carbonyl (C=O) groups excluding carboxylic acids is 1. The van der Waals surface area contributed by atoms with E-state index in [9.17, 15) is 4.79 Å². The van der Waals surface area contributed by atoms with Crippen LogP contribution in [-0.4, -0.2) is 18.5 Å². The fourth-order valence-corrected chi connectivity index (χ4v) is 2.25. The molecule has 0 aliphatic carbocycles. The molecule has 0 aromatic heterocycles. The highest BCUT2D eigenvalue weighted by Gasteiger charge is 2.20. The van der Waals surface area contributed by atoms with Gasteiger partial charge in [0.15, 0.2) is 5.78 Å². The SMILES string of the molecule is Cc1ccc(C(=O)CC2CCCO2)c(C)c1. The second-order valence-corrected chi connectivity index (χ2v) is 4.58. The van der Waals surface area contributed by atoms with Gasteiger partial charge in [-0.1, -0.05) is 23.8 Å². The fourth-order valence-electron chi connectivity index (χ4n) is 2.25. The minimum atomic E-state index is 0.146. The number of ether oxygens (including phenoxy) is 1. The van der Waals surface area contributed by atoms with Gasteiger partial charge in [0.2, 0.25) is 0 Å². The first-order valence-electron chi connectivity index (χ1n) is 5.89. The maximum atomic E-state index is 12.1. The minimum Gasteiger partial charge on any atom is -0.378 e. The van der Waals surface area contributed by atoms with Crippen LogP contribution in [0.25, 0.3) is 0 Å². The number of hydrogen-bond donors (Lipinski definition) is 0. The highest BCUT2D eigenvalue weighted by Crippen LogP contribution is 2.19. The van der Waals surface area contributed by atoms with Crippen LogP contribution in [0.1, 0.15) is 40.7 Å². The molecule has 1 heterocycles. The summed E-state index contributed by atoms with van der Waals surface area (Å²) in [5.41, 5.74) is 3.12. The molecule has 1 aromatic rings. The van der Waals surface area contributed by atoms with E-state index < -0.39 is 0 Å². The van der Waals surface area contributed by atoms with Gasteiger partial charge < -0.3 is 4.74 Å². The van der Waals surface area contributed by atoms with Crippen LogP contribution in [0, 0.1) is 13.8 Å². The first-order valence-corrected chi connectivity index (χ1v) is 5.89. The zero-order valence-corrected chi connectivity index (χ0v) is 9.95. The van der Waals surface area contributed by atoms with Crippen molar-refractivity contribution in [3.05, 3.63) is 34.9 Å². The molecule has 1 atom stereocenters. The van der Waals surface area contributed by atoms with Gasteiger partial charge in [-0.25, -0.2) is 0 Å². The Labute approximate surface area is 96.6 Å². The lowest BCUT2D eigenvalue weighted by Gasteiger charge is -2.10. The van der Waals surface area contributed by atoms with E-state index in [1.807, 2.05) is 26.0 Å². The van der Waals surface area contributed by atoms with Crippen molar-refractivity contribution in [1.29, 1.82) is 0 Å². The third-order valence-corrected chi connectivity index (χ3v) is 3.12. The standard InChI is InChI=1S/C14H18O2/c1-10-5-6-13(11(2)8-10)14(15)9-12-4-3-7-16-12/h5-6,8,12H,3-4,7,9H2,1-2H3. The number of Topliss-reactive ketones (excluding diaryl/α,β-unsaturated/α-hetero) is 1. The van der Waals surface area contributed by atoms with Crippen molar-refractivity contribution in [2.24, 2.45) is 0 Å².